The number of anilines is 3. The van der Waals surface area contributed by atoms with Crippen molar-refractivity contribution >= 4 is 35.0 Å². The summed E-state index contributed by atoms with van der Waals surface area (Å²) in [5.41, 5.74) is 2.93. The van der Waals surface area contributed by atoms with E-state index in [0.29, 0.717) is 27.9 Å². The minimum absolute atomic E-state index is 0.182. The zero-order valence-electron chi connectivity index (χ0n) is 13.9. The Balaban J connectivity index is 1.97. The Morgan fingerprint density at radius 1 is 1.15 bits per heavy atom. The number of halogens is 1. The van der Waals surface area contributed by atoms with E-state index in [9.17, 15) is 4.79 Å². The summed E-state index contributed by atoms with van der Waals surface area (Å²) in [6, 6.07) is 12.8. The molecule has 0 radical (unpaired) electrons. The Labute approximate surface area is 155 Å². The minimum atomic E-state index is -1.01. The van der Waals surface area contributed by atoms with E-state index < -0.39 is 5.97 Å². The summed E-state index contributed by atoms with van der Waals surface area (Å²) in [7, 11) is 0. The molecule has 0 aliphatic rings. The van der Waals surface area contributed by atoms with Gasteiger partial charge < -0.3 is 15.7 Å². The van der Waals surface area contributed by atoms with E-state index in [1.165, 1.54) is 0 Å². The van der Waals surface area contributed by atoms with Crippen LogP contribution < -0.4 is 10.6 Å². The van der Waals surface area contributed by atoms with E-state index in [1.54, 1.807) is 18.3 Å². The predicted molar refractivity (Wildman–Crippen MR) is 101 cm³/mol. The molecule has 0 fully saturated rings. The number of aliphatic carboxylic acids is 1. The second-order valence-corrected chi connectivity index (χ2v) is 5.94. The summed E-state index contributed by atoms with van der Waals surface area (Å²) in [5.74, 6) is -0.353. The van der Waals surface area contributed by atoms with Gasteiger partial charge in [0.05, 0.1) is 22.1 Å². The van der Waals surface area contributed by atoms with Gasteiger partial charge in [-0.2, -0.15) is 4.98 Å². The van der Waals surface area contributed by atoms with Gasteiger partial charge in [-0.25, -0.2) is 4.98 Å². The number of aryl methyl sites for hydroxylation is 1. The molecule has 3 N–H and O–H groups in total. The number of benzene rings is 1. The van der Waals surface area contributed by atoms with Crippen molar-refractivity contribution < 1.29 is 9.90 Å². The molecule has 3 rings (SSSR count). The van der Waals surface area contributed by atoms with Crippen molar-refractivity contribution in [3.05, 3.63) is 59.2 Å². The highest BCUT2D eigenvalue weighted by molar-refractivity contribution is 6.33. The quantitative estimate of drug-likeness (QED) is 0.608. The van der Waals surface area contributed by atoms with Crippen molar-refractivity contribution in [2.75, 3.05) is 17.2 Å². The molecule has 0 spiro atoms. The lowest BCUT2D eigenvalue weighted by atomic mass is 10.2. The van der Waals surface area contributed by atoms with Crippen molar-refractivity contribution in [2.24, 2.45) is 0 Å². The molecule has 2 aromatic heterocycles. The Kier molecular flexibility index (Phi) is 5.28. The summed E-state index contributed by atoms with van der Waals surface area (Å²) in [6.45, 7) is 1.66. The number of carbonyl (C=O) groups is 1. The van der Waals surface area contributed by atoms with Crippen molar-refractivity contribution in [2.45, 2.75) is 6.92 Å². The van der Waals surface area contributed by atoms with E-state index in [2.05, 4.69) is 25.6 Å². The SMILES string of the molecule is Cc1ccc(Nc2cc(-c3ccccn3)nc(NCC(=O)O)n2)c(Cl)c1. The summed E-state index contributed by atoms with van der Waals surface area (Å²) in [4.78, 5) is 23.7. The second-order valence-electron chi connectivity index (χ2n) is 5.53. The normalized spacial score (nSPS) is 10.4. The number of hydrogen-bond acceptors (Lipinski definition) is 6. The highest BCUT2D eigenvalue weighted by Crippen LogP contribution is 2.27. The second kappa shape index (κ2) is 7.79. The molecule has 0 atom stereocenters. The largest absolute Gasteiger partial charge is 0.480 e. The van der Waals surface area contributed by atoms with Crippen LogP contribution in [0.1, 0.15) is 5.56 Å². The van der Waals surface area contributed by atoms with Gasteiger partial charge >= 0.3 is 5.97 Å². The molecule has 0 bridgehead atoms. The lowest BCUT2D eigenvalue weighted by Gasteiger charge is -2.12. The molecule has 0 amide bonds. The maximum absolute atomic E-state index is 10.8. The van der Waals surface area contributed by atoms with Gasteiger partial charge in [-0.1, -0.05) is 23.7 Å². The number of carboxylic acids is 1. The van der Waals surface area contributed by atoms with Gasteiger partial charge in [-0.3, -0.25) is 9.78 Å². The van der Waals surface area contributed by atoms with Gasteiger partial charge in [0.1, 0.15) is 12.4 Å². The van der Waals surface area contributed by atoms with Gasteiger partial charge in [0.2, 0.25) is 5.95 Å². The van der Waals surface area contributed by atoms with Crippen LogP contribution in [0.5, 0.6) is 0 Å². The fraction of sp³-hybridized carbons (Fsp3) is 0.111. The first kappa shape index (κ1) is 17.6. The molecule has 0 unspecified atom stereocenters. The third kappa shape index (κ3) is 4.46. The first-order valence-electron chi connectivity index (χ1n) is 7.80. The smallest absolute Gasteiger partial charge is 0.322 e. The number of nitrogens with one attached hydrogen (secondary N) is 2. The Morgan fingerprint density at radius 3 is 2.69 bits per heavy atom. The molecule has 26 heavy (non-hydrogen) atoms. The standard InChI is InChI=1S/C18H16ClN5O2/c1-11-5-6-13(12(19)8-11)22-16-9-15(14-4-2-3-7-20-14)23-18(24-16)21-10-17(25)26/h2-9H,10H2,1H3,(H,25,26)(H2,21,22,23,24). The number of nitrogens with zero attached hydrogens (tertiary/aromatic N) is 3. The first-order chi connectivity index (χ1) is 12.5. The molecule has 0 aliphatic heterocycles. The van der Waals surface area contributed by atoms with Gasteiger partial charge in [0.15, 0.2) is 0 Å². The van der Waals surface area contributed by atoms with Gasteiger partial charge in [0.25, 0.3) is 0 Å². The summed E-state index contributed by atoms with van der Waals surface area (Å²) in [6.07, 6.45) is 1.66. The van der Waals surface area contributed by atoms with Crippen LogP contribution in [-0.4, -0.2) is 32.6 Å². The number of rotatable bonds is 6. The molecule has 7 nitrogen and oxygen atoms in total. The van der Waals surface area contributed by atoms with Gasteiger partial charge in [-0.15, -0.1) is 0 Å². The van der Waals surface area contributed by atoms with Crippen molar-refractivity contribution in [3.8, 4) is 11.4 Å². The minimum Gasteiger partial charge on any atom is -0.480 e. The number of pyridine rings is 1. The number of hydrogen-bond donors (Lipinski definition) is 3. The van der Waals surface area contributed by atoms with Crippen LogP contribution >= 0.6 is 11.6 Å². The molecule has 1 aromatic carbocycles. The molecule has 3 aromatic rings. The van der Waals surface area contributed by atoms with Crippen LogP contribution in [-0.2, 0) is 4.79 Å². The molecule has 0 saturated heterocycles. The highest BCUT2D eigenvalue weighted by atomic mass is 35.5. The lowest BCUT2D eigenvalue weighted by molar-refractivity contribution is -0.134. The number of aromatic nitrogens is 3. The molecular weight excluding hydrogens is 354 g/mol. The Morgan fingerprint density at radius 2 is 2.00 bits per heavy atom. The van der Waals surface area contributed by atoms with Gasteiger partial charge in [0, 0.05) is 12.3 Å². The van der Waals surface area contributed by atoms with E-state index in [-0.39, 0.29) is 12.5 Å². The first-order valence-corrected chi connectivity index (χ1v) is 8.18. The predicted octanol–water partition coefficient (Wildman–Crippen LogP) is 3.74. The number of carboxylic acid groups (broad SMARTS) is 1. The molecule has 132 valence electrons. The third-order valence-corrected chi connectivity index (χ3v) is 3.75. The van der Waals surface area contributed by atoms with Crippen LogP contribution in [0.15, 0.2) is 48.7 Å². The average Bonchev–Trinajstić information content (AvgIpc) is 2.63. The summed E-state index contributed by atoms with van der Waals surface area (Å²) >= 11 is 6.27. The average molecular weight is 370 g/mol. The Bertz CT molecular complexity index is 934. The molecule has 8 heteroatoms. The summed E-state index contributed by atoms with van der Waals surface area (Å²) in [5, 5.41) is 15.2. The van der Waals surface area contributed by atoms with Crippen LogP contribution in [0.3, 0.4) is 0 Å². The molecular formula is C18H16ClN5O2. The van der Waals surface area contributed by atoms with Crippen molar-refractivity contribution in [3.63, 3.8) is 0 Å². The maximum Gasteiger partial charge on any atom is 0.322 e. The molecule has 0 saturated carbocycles. The summed E-state index contributed by atoms with van der Waals surface area (Å²) < 4.78 is 0. The van der Waals surface area contributed by atoms with Crippen LogP contribution in [0, 0.1) is 6.92 Å². The Hall–Kier alpha value is -3.19. The van der Waals surface area contributed by atoms with E-state index in [4.69, 9.17) is 16.7 Å². The molecule has 0 aliphatic carbocycles. The van der Waals surface area contributed by atoms with Gasteiger partial charge in [-0.05, 0) is 36.8 Å². The fourth-order valence-corrected chi connectivity index (χ4v) is 2.53. The van der Waals surface area contributed by atoms with Crippen LogP contribution in [0.2, 0.25) is 5.02 Å². The monoisotopic (exact) mass is 369 g/mol. The fourth-order valence-electron chi connectivity index (χ4n) is 2.25. The van der Waals surface area contributed by atoms with Crippen molar-refractivity contribution in [1.29, 1.82) is 0 Å². The van der Waals surface area contributed by atoms with Crippen LogP contribution in [0.4, 0.5) is 17.5 Å². The van der Waals surface area contributed by atoms with E-state index in [1.807, 2.05) is 37.3 Å². The zero-order valence-corrected chi connectivity index (χ0v) is 14.7. The van der Waals surface area contributed by atoms with Crippen LogP contribution in [0.25, 0.3) is 11.4 Å². The lowest BCUT2D eigenvalue weighted by Crippen LogP contribution is -2.15. The van der Waals surface area contributed by atoms with E-state index in [0.717, 1.165) is 5.56 Å². The maximum atomic E-state index is 10.8. The highest BCUT2D eigenvalue weighted by Gasteiger charge is 2.10. The van der Waals surface area contributed by atoms with Crippen molar-refractivity contribution in [1.82, 2.24) is 15.0 Å². The zero-order chi connectivity index (χ0) is 18.5. The third-order valence-electron chi connectivity index (χ3n) is 3.44. The topological polar surface area (TPSA) is 100 Å². The van der Waals surface area contributed by atoms with E-state index >= 15 is 0 Å². The molecule has 2 heterocycles.